The molecule has 3 nitrogen and oxygen atoms in total. The molecule has 19 heavy (non-hydrogen) atoms. The van der Waals surface area contributed by atoms with Gasteiger partial charge in [-0.2, -0.15) is 13.2 Å². The van der Waals surface area contributed by atoms with Crippen LogP contribution in [0.25, 0.3) is 0 Å². The van der Waals surface area contributed by atoms with E-state index in [9.17, 15) is 18.0 Å². The summed E-state index contributed by atoms with van der Waals surface area (Å²) in [6.07, 6.45) is 0.273. The van der Waals surface area contributed by atoms with Crippen LogP contribution in [0.4, 0.5) is 18.9 Å². The number of aliphatic hydroxyl groups is 1. The Bertz CT molecular complexity index is 461. The molecule has 1 fully saturated rings. The minimum atomic E-state index is -4.31. The van der Waals surface area contributed by atoms with Gasteiger partial charge in [0.1, 0.15) is 0 Å². The van der Waals surface area contributed by atoms with E-state index in [4.69, 9.17) is 5.11 Å². The van der Waals surface area contributed by atoms with E-state index >= 15 is 0 Å². The molecule has 1 atom stereocenters. The molecule has 1 aromatic carbocycles. The van der Waals surface area contributed by atoms with Crippen molar-refractivity contribution < 1.29 is 23.1 Å². The maximum absolute atomic E-state index is 12.2. The highest BCUT2D eigenvalue weighted by atomic mass is 32.2. The van der Waals surface area contributed by atoms with Crippen LogP contribution in [-0.2, 0) is 4.79 Å². The van der Waals surface area contributed by atoms with Crippen molar-refractivity contribution in [3.05, 3.63) is 24.3 Å². The quantitative estimate of drug-likeness (QED) is 0.870. The lowest BCUT2D eigenvalue weighted by molar-refractivity contribution is -0.117. The van der Waals surface area contributed by atoms with Gasteiger partial charge in [0.15, 0.2) is 0 Å². The molecular formula is C12H12F3NO2S. The molecule has 0 bridgehead atoms. The SMILES string of the molecule is O=C1CC(CO)CN1c1ccc(SC(F)(F)F)cc1. The Morgan fingerprint density at radius 2 is 1.95 bits per heavy atom. The molecule has 0 radical (unpaired) electrons. The summed E-state index contributed by atoms with van der Waals surface area (Å²) in [5.41, 5.74) is -3.75. The van der Waals surface area contributed by atoms with E-state index in [1.165, 1.54) is 29.2 Å². The zero-order valence-electron chi connectivity index (χ0n) is 9.85. The van der Waals surface area contributed by atoms with Crippen LogP contribution < -0.4 is 4.90 Å². The summed E-state index contributed by atoms with van der Waals surface area (Å²) in [6.45, 7) is 0.339. The fourth-order valence-corrected chi connectivity index (χ4v) is 2.52. The Kier molecular flexibility index (Phi) is 4.05. The lowest BCUT2D eigenvalue weighted by atomic mass is 10.1. The highest BCUT2D eigenvalue weighted by molar-refractivity contribution is 8.00. The first-order chi connectivity index (χ1) is 8.89. The highest BCUT2D eigenvalue weighted by Gasteiger charge is 2.31. The highest BCUT2D eigenvalue weighted by Crippen LogP contribution is 2.37. The van der Waals surface area contributed by atoms with Gasteiger partial charge < -0.3 is 10.0 Å². The zero-order valence-corrected chi connectivity index (χ0v) is 10.7. The van der Waals surface area contributed by atoms with Gasteiger partial charge in [0.05, 0.1) is 0 Å². The Morgan fingerprint density at radius 1 is 1.32 bits per heavy atom. The van der Waals surface area contributed by atoms with Gasteiger partial charge in [-0.25, -0.2) is 0 Å². The van der Waals surface area contributed by atoms with Crippen LogP contribution in [0.5, 0.6) is 0 Å². The maximum Gasteiger partial charge on any atom is 0.446 e. The number of aliphatic hydroxyl groups excluding tert-OH is 1. The summed E-state index contributed by atoms with van der Waals surface area (Å²) in [5, 5.41) is 9.01. The predicted molar refractivity (Wildman–Crippen MR) is 65.9 cm³/mol. The predicted octanol–water partition coefficient (Wildman–Crippen LogP) is 2.64. The average Bonchev–Trinajstić information content (AvgIpc) is 2.70. The van der Waals surface area contributed by atoms with Crippen LogP contribution in [0.2, 0.25) is 0 Å². The molecule has 2 rings (SSSR count). The summed E-state index contributed by atoms with van der Waals surface area (Å²) in [5.74, 6) is -0.216. The summed E-state index contributed by atoms with van der Waals surface area (Å²) in [6, 6.07) is 5.66. The van der Waals surface area contributed by atoms with E-state index in [0.717, 1.165) is 0 Å². The molecule has 7 heteroatoms. The first kappa shape index (κ1) is 14.2. The molecule has 0 saturated carbocycles. The lowest BCUT2D eigenvalue weighted by Gasteiger charge is -2.17. The van der Waals surface area contributed by atoms with Crippen molar-refractivity contribution >= 4 is 23.4 Å². The first-order valence-electron chi connectivity index (χ1n) is 5.66. The Labute approximate surface area is 112 Å². The van der Waals surface area contributed by atoms with Crippen molar-refractivity contribution in [2.75, 3.05) is 18.1 Å². The van der Waals surface area contributed by atoms with E-state index in [1.807, 2.05) is 0 Å². The van der Waals surface area contributed by atoms with Crippen LogP contribution in [0.1, 0.15) is 6.42 Å². The fraction of sp³-hybridized carbons (Fsp3) is 0.417. The van der Waals surface area contributed by atoms with Crippen molar-refractivity contribution in [3.8, 4) is 0 Å². The second kappa shape index (κ2) is 5.42. The number of carbonyl (C=O) groups is 1. The first-order valence-corrected chi connectivity index (χ1v) is 6.48. The second-order valence-electron chi connectivity index (χ2n) is 4.30. The van der Waals surface area contributed by atoms with E-state index in [0.29, 0.717) is 12.2 Å². The van der Waals surface area contributed by atoms with Crippen molar-refractivity contribution in [1.82, 2.24) is 0 Å². The maximum atomic E-state index is 12.2. The Morgan fingerprint density at radius 3 is 2.42 bits per heavy atom. The Balaban J connectivity index is 2.08. The van der Waals surface area contributed by atoms with Gasteiger partial charge in [-0.1, -0.05) is 0 Å². The summed E-state index contributed by atoms with van der Waals surface area (Å²) >= 11 is -0.186. The third kappa shape index (κ3) is 3.63. The standard InChI is InChI=1S/C12H12F3NO2S/c13-12(14,15)19-10-3-1-9(2-4-10)16-6-8(7-17)5-11(16)18/h1-4,8,17H,5-7H2. The summed E-state index contributed by atoms with van der Waals surface area (Å²) < 4.78 is 36.5. The average molecular weight is 291 g/mol. The molecule has 1 aliphatic heterocycles. The number of alkyl halides is 3. The molecule has 1 N–H and O–H groups in total. The largest absolute Gasteiger partial charge is 0.446 e. The third-order valence-corrected chi connectivity index (χ3v) is 3.58. The molecule has 1 aromatic rings. The number of nitrogens with zero attached hydrogens (tertiary/aromatic N) is 1. The van der Waals surface area contributed by atoms with Gasteiger partial charge in [0.25, 0.3) is 0 Å². The van der Waals surface area contributed by atoms with E-state index in [2.05, 4.69) is 0 Å². The number of benzene rings is 1. The van der Waals surface area contributed by atoms with Gasteiger partial charge in [0, 0.05) is 36.1 Å². The summed E-state index contributed by atoms with van der Waals surface area (Å²) in [4.78, 5) is 13.3. The van der Waals surface area contributed by atoms with Gasteiger partial charge >= 0.3 is 5.51 Å². The smallest absolute Gasteiger partial charge is 0.396 e. The number of amides is 1. The van der Waals surface area contributed by atoms with Crippen molar-refractivity contribution in [2.24, 2.45) is 5.92 Å². The van der Waals surface area contributed by atoms with Crippen molar-refractivity contribution in [1.29, 1.82) is 0 Å². The molecule has 1 unspecified atom stereocenters. The number of rotatable bonds is 3. The number of hydrogen-bond donors (Lipinski definition) is 1. The molecule has 1 heterocycles. The number of thioether (sulfide) groups is 1. The van der Waals surface area contributed by atoms with Crippen LogP contribution in [0.15, 0.2) is 29.2 Å². The van der Waals surface area contributed by atoms with Crippen LogP contribution in [-0.4, -0.2) is 29.7 Å². The van der Waals surface area contributed by atoms with Crippen molar-refractivity contribution in [3.63, 3.8) is 0 Å². The van der Waals surface area contributed by atoms with Crippen molar-refractivity contribution in [2.45, 2.75) is 16.8 Å². The summed E-state index contributed by atoms with van der Waals surface area (Å²) in [7, 11) is 0. The topological polar surface area (TPSA) is 40.5 Å². The molecular weight excluding hydrogens is 279 g/mol. The molecule has 0 aromatic heterocycles. The van der Waals surface area contributed by atoms with E-state index in [-0.39, 0.29) is 41.5 Å². The number of anilines is 1. The van der Waals surface area contributed by atoms with Crippen LogP contribution in [0, 0.1) is 5.92 Å². The van der Waals surface area contributed by atoms with Gasteiger partial charge in [-0.15, -0.1) is 0 Å². The van der Waals surface area contributed by atoms with Gasteiger partial charge in [-0.05, 0) is 36.0 Å². The number of hydrogen-bond acceptors (Lipinski definition) is 3. The lowest BCUT2D eigenvalue weighted by Crippen LogP contribution is -2.24. The van der Waals surface area contributed by atoms with E-state index < -0.39 is 5.51 Å². The molecule has 0 spiro atoms. The number of halogens is 3. The zero-order chi connectivity index (χ0) is 14.0. The molecule has 1 aliphatic rings. The fourth-order valence-electron chi connectivity index (χ4n) is 1.98. The normalized spacial score (nSPS) is 20.1. The number of carbonyl (C=O) groups excluding carboxylic acids is 1. The van der Waals surface area contributed by atoms with Gasteiger partial charge in [0.2, 0.25) is 5.91 Å². The molecule has 1 amide bonds. The second-order valence-corrected chi connectivity index (χ2v) is 5.44. The molecule has 0 aliphatic carbocycles. The van der Waals surface area contributed by atoms with Gasteiger partial charge in [-0.3, -0.25) is 4.79 Å². The Hall–Kier alpha value is -1.21. The monoisotopic (exact) mass is 291 g/mol. The third-order valence-electron chi connectivity index (χ3n) is 2.85. The van der Waals surface area contributed by atoms with Crippen LogP contribution >= 0.6 is 11.8 Å². The molecule has 1 saturated heterocycles. The molecule has 104 valence electrons. The van der Waals surface area contributed by atoms with E-state index in [1.54, 1.807) is 0 Å². The minimum Gasteiger partial charge on any atom is -0.396 e. The minimum absolute atomic E-state index is 0.0652. The van der Waals surface area contributed by atoms with Crippen LogP contribution in [0.3, 0.4) is 0 Å².